The molecule has 19 heavy (non-hydrogen) atoms. The number of hydrogen-bond acceptors (Lipinski definition) is 3. The van der Waals surface area contributed by atoms with Crippen molar-refractivity contribution in [3.8, 4) is 5.75 Å². The molecule has 1 saturated heterocycles. The lowest BCUT2D eigenvalue weighted by Crippen LogP contribution is -2.45. The van der Waals surface area contributed by atoms with Gasteiger partial charge in [-0.15, -0.1) is 0 Å². The van der Waals surface area contributed by atoms with Crippen LogP contribution in [-0.4, -0.2) is 35.5 Å². The highest BCUT2D eigenvalue weighted by atomic mass is 127. The number of likely N-dealkylation sites (tertiary alicyclic amines) is 1. The average molecular weight is 374 g/mol. The Morgan fingerprint density at radius 2 is 2.32 bits per heavy atom. The molecular formula is C14H19IN2O2. The molecule has 1 heterocycles. The fraction of sp³-hybridized carbons (Fsp3) is 0.500. The standard InChI is InChI=1S/C14H19IN2O2/c1-9-4-5-17(8-10(9)7-16)14(19)12-6-11(15)2-3-13(12)18/h2-3,6,9-10,18H,4-5,7-8,16H2,1H3. The zero-order valence-corrected chi connectivity index (χ0v) is 13.1. The van der Waals surface area contributed by atoms with Crippen molar-refractivity contribution >= 4 is 28.5 Å². The van der Waals surface area contributed by atoms with Crippen LogP contribution in [0.5, 0.6) is 5.75 Å². The molecular weight excluding hydrogens is 355 g/mol. The Morgan fingerprint density at radius 1 is 1.58 bits per heavy atom. The summed E-state index contributed by atoms with van der Waals surface area (Å²) in [6, 6.07) is 5.09. The largest absolute Gasteiger partial charge is 0.507 e. The third-order valence-electron chi connectivity index (χ3n) is 3.89. The highest BCUT2D eigenvalue weighted by Gasteiger charge is 2.29. The van der Waals surface area contributed by atoms with E-state index in [4.69, 9.17) is 5.73 Å². The van der Waals surface area contributed by atoms with Gasteiger partial charge in [-0.25, -0.2) is 0 Å². The maximum atomic E-state index is 12.5. The van der Waals surface area contributed by atoms with Crippen LogP contribution in [0, 0.1) is 15.4 Å². The van der Waals surface area contributed by atoms with E-state index in [1.54, 1.807) is 18.2 Å². The number of carbonyl (C=O) groups is 1. The quantitative estimate of drug-likeness (QED) is 0.779. The van der Waals surface area contributed by atoms with Crippen LogP contribution in [0.25, 0.3) is 0 Å². The summed E-state index contributed by atoms with van der Waals surface area (Å²) in [5.41, 5.74) is 6.15. The fourth-order valence-electron chi connectivity index (χ4n) is 2.49. The average Bonchev–Trinajstić information content (AvgIpc) is 2.41. The predicted octanol–water partition coefficient (Wildman–Crippen LogP) is 2.05. The molecule has 0 aliphatic carbocycles. The van der Waals surface area contributed by atoms with Crippen molar-refractivity contribution in [2.45, 2.75) is 13.3 Å². The fourth-order valence-corrected chi connectivity index (χ4v) is 2.98. The lowest BCUT2D eigenvalue weighted by atomic mass is 9.87. The molecule has 0 aromatic heterocycles. The molecule has 1 fully saturated rings. The van der Waals surface area contributed by atoms with Gasteiger partial charge >= 0.3 is 0 Å². The molecule has 1 aliphatic heterocycles. The van der Waals surface area contributed by atoms with Gasteiger partial charge in [0, 0.05) is 16.7 Å². The Labute approximate surface area is 127 Å². The molecule has 0 bridgehead atoms. The number of phenolic OH excluding ortho intramolecular Hbond substituents is 1. The number of nitrogens with two attached hydrogens (primary N) is 1. The number of hydrogen-bond donors (Lipinski definition) is 2. The van der Waals surface area contributed by atoms with Crippen molar-refractivity contribution in [3.05, 3.63) is 27.3 Å². The van der Waals surface area contributed by atoms with Crippen molar-refractivity contribution in [1.29, 1.82) is 0 Å². The first kappa shape index (κ1) is 14.6. The van der Waals surface area contributed by atoms with Crippen molar-refractivity contribution in [1.82, 2.24) is 4.90 Å². The van der Waals surface area contributed by atoms with E-state index in [2.05, 4.69) is 29.5 Å². The van der Waals surface area contributed by atoms with E-state index in [0.29, 0.717) is 30.5 Å². The van der Waals surface area contributed by atoms with E-state index < -0.39 is 0 Å². The van der Waals surface area contributed by atoms with Gasteiger partial charge < -0.3 is 15.7 Å². The number of carbonyl (C=O) groups excluding carboxylic acids is 1. The Bertz CT molecular complexity index is 479. The summed E-state index contributed by atoms with van der Waals surface area (Å²) in [7, 11) is 0. The van der Waals surface area contributed by atoms with E-state index in [1.165, 1.54) is 0 Å². The molecule has 0 radical (unpaired) electrons. The second kappa shape index (κ2) is 6.09. The first-order chi connectivity index (χ1) is 9.02. The van der Waals surface area contributed by atoms with E-state index >= 15 is 0 Å². The summed E-state index contributed by atoms with van der Waals surface area (Å²) >= 11 is 2.14. The normalized spacial score (nSPS) is 23.4. The third kappa shape index (κ3) is 3.20. The van der Waals surface area contributed by atoms with Crippen LogP contribution in [0.15, 0.2) is 18.2 Å². The SMILES string of the molecule is CC1CCN(C(=O)c2cc(I)ccc2O)CC1CN. The highest BCUT2D eigenvalue weighted by molar-refractivity contribution is 14.1. The molecule has 1 aliphatic rings. The summed E-state index contributed by atoms with van der Waals surface area (Å²) in [5.74, 6) is 0.857. The van der Waals surface area contributed by atoms with E-state index in [-0.39, 0.29) is 11.7 Å². The van der Waals surface area contributed by atoms with Gasteiger partial charge in [0.2, 0.25) is 0 Å². The van der Waals surface area contributed by atoms with Crippen molar-refractivity contribution in [3.63, 3.8) is 0 Å². The van der Waals surface area contributed by atoms with Gasteiger partial charge in [-0.05, 0) is 65.6 Å². The molecule has 1 amide bonds. The minimum absolute atomic E-state index is 0.0494. The topological polar surface area (TPSA) is 66.6 Å². The lowest BCUT2D eigenvalue weighted by Gasteiger charge is -2.36. The minimum Gasteiger partial charge on any atom is -0.507 e. The second-order valence-electron chi connectivity index (χ2n) is 5.17. The molecule has 0 spiro atoms. The molecule has 2 rings (SSSR count). The number of amides is 1. The van der Waals surface area contributed by atoms with Crippen molar-refractivity contribution in [2.24, 2.45) is 17.6 Å². The number of aromatic hydroxyl groups is 1. The molecule has 104 valence electrons. The number of rotatable bonds is 2. The number of phenols is 1. The van der Waals surface area contributed by atoms with Crippen LogP contribution < -0.4 is 5.73 Å². The summed E-state index contributed by atoms with van der Waals surface area (Å²) in [6.07, 6.45) is 0.971. The second-order valence-corrected chi connectivity index (χ2v) is 6.42. The maximum absolute atomic E-state index is 12.5. The number of nitrogens with zero attached hydrogens (tertiary/aromatic N) is 1. The van der Waals surface area contributed by atoms with Gasteiger partial charge in [0.15, 0.2) is 0 Å². The predicted molar refractivity (Wildman–Crippen MR) is 83.1 cm³/mol. The lowest BCUT2D eigenvalue weighted by molar-refractivity contribution is 0.0615. The molecule has 4 nitrogen and oxygen atoms in total. The highest BCUT2D eigenvalue weighted by Crippen LogP contribution is 2.26. The van der Waals surface area contributed by atoms with E-state index in [0.717, 1.165) is 16.5 Å². The van der Waals surface area contributed by atoms with Gasteiger partial charge in [-0.2, -0.15) is 0 Å². The Hall–Kier alpha value is -0.820. The number of halogens is 1. The third-order valence-corrected chi connectivity index (χ3v) is 4.56. The van der Waals surface area contributed by atoms with E-state index in [1.807, 2.05) is 4.90 Å². The molecule has 1 aromatic carbocycles. The van der Waals surface area contributed by atoms with Crippen LogP contribution in [0.2, 0.25) is 0 Å². The van der Waals surface area contributed by atoms with Crippen molar-refractivity contribution in [2.75, 3.05) is 19.6 Å². The Balaban J connectivity index is 2.18. The molecule has 2 unspecified atom stereocenters. The van der Waals surface area contributed by atoms with Crippen molar-refractivity contribution < 1.29 is 9.90 Å². The monoisotopic (exact) mass is 374 g/mol. The first-order valence-electron chi connectivity index (χ1n) is 6.50. The Kier molecular flexibility index (Phi) is 4.67. The minimum atomic E-state index is -0.0960. The van der Waals surface area contributed by atoms with Gasteiger partial charge in [-0.3, -0.25) is 4.79 Å². The smallest absolute Gasteiger partial charge is 0.257 e. The maximum Gasteiger partial charge on any atom is 0.257 e. The summed E-state index contributed by atoms with van der Waals surface area (Å²) in [6.45, 7) is 4.20. The number of benzene rings is 1. The van der Waals surface area contributed by atoms with Crippen LogP contribution in [0.1, 0.15) is 23.7 Å². The molecule has 2 atom stereocenters. The molecule has 3 N–H and O–H groups in total. The van der Waals surface area contributed by atoms with Crippen LogP contribution in [-0.2, 0) is 0 Å². The van der Waals surface area contributed by atoms with Crippen LogP contribution in [0.4, 0.5) is 0 Å². The summed E-state index contributed by atoms with van der Waals surface area (Å²) in [4.78, 5) is 14.3. The molecule has 0 saturated carbocycles. The first-order valence-corrected chi connectivity index (χ1v) is 7.58. The molecule has 1 aromatic rings. The Morgan fingerprint density at radius 3 is 3.00 bits per heavy atom. The van der Waals surface area contributed by atoms with Crippen LogP contribution in [0.3, 0.4) is 0 Å². The van der Waals surface area contributed by atoms with Crippen LogP contribution >= 0.6 is 22.6 Å². The van der Waals surface area contributed by atoms with Gasteiger partial charge in [0.1, 0.15) is 5.75 Å². The molecule has 5 heteroatoms. The number of piperidine rings is 1. The van der Waals surface area contributed by atoms with Gasteiger partial charge in [0.05, 0.1) is 5.56 Å². The summed E-state index contributed by atoms with van der Waals surface area (Å²) < 4.78 is 0.944. The van der Waals surface area contributed by atoms with E-state index in [9.17, 15) is 9.90 Å². The van der Waals surface area contributed by atoms with Gasteiger partial charge in [0.25, 0.3) is 5.91 Å². The zero-order valence-electron chi connectivity index (χ0n) is 11.0. The summed E-state index contributed by atoms with van der Waals surface area (Å²) in [5, 5.41) is 9.84. The zero-order chi connectivity index (χ0) is 14.0. The van der Waals surface area contributed by atoms with Gasteiger partial charge in [-0.1, -0.05) is 6.92 Å².